The van der Waals surface area contributed by atoms with Gasteiger partial charge in [-0.15, -0.1) is 0 Å². The van der Waals surface area contributed by atoms with Gasteiger partial charge in [0.2, 0.25) is 0 Å². The largest absolute Gasteiger partial charge is 0.393 e. The molecule has 0 aromatic rings. The Labute approximate surface area is 182 Å². The Balaban J connectivity index is -0.0000000846. The van der Waals surface area contributed by atoms with Crippen molar-refractivity contribution in [3.8, 4) is 0 Å². The summed E-state index contributed by atoms with van der Waals surface area (Å²) in [5, 5.41) is 9.26. The van der Waals surface area contributed by atoms with E-state index in [0.29, 0.717) is 0 Å². The van der Waals surface area contributed by atoms with Gasteiger partial charge in [-0.3, -0.25) is 0 Å². The van der Waals surface area contributed by atoms with E-state index in [9.17, 15) is 5.11 Å². The summed E-state index contributed by atoms with van der Waals surface area (Å²) in [6.45, 7) is 18.5. The van der Waals surface area contributed by atoms with Crippen LogP contribution < -0.4 is 0 Å². The third-order valence-electron chi connectivity index (χ3n) is 3.22. The molecule has 2 heteroatoms. The summed E-state index contributed by atoms with van der Waals surface area (Å²) in [5.74, 6) is 0. The Hall–Kier alpha value is 1.06. The van der Waals surface area contributed by atoms with E-state index in [0.717, 1.165) is 19.3 Å². The van der Waals surface area contributed by atoms with Gasteiger partial charge in [0.1, 0.15) is 0 Å². The fraction of sp³-hybridized carbons (Fsp3) is 0.955. The molecule has 0 heterocycles. The summed E-state index contributed by atoms with van der Waals surface area (Å²) in [4.78, 5) is 0. The monoisotopic (exact) mass is 420 g/mol. The molecule has 0 rings (SSSR count). The summed E-state index contributed by atoms with van der Waals surface area (Å²) in [7, 11) is 0. The van der Waals surface area contributed by atoms with Crippen LogP contribution in [0.25, 0.3) is 0 Å². The van der Waals surface area contributed by atoms with E-state index in [1.54, 1.807) is 0 Å². The minimum absolute atomic E-state index is 0. The van der Waals surface area contributed by atoms with Gasteiger partial charge in [0.05, 0.1) is 6.10 Å². The minimum Gasteiger partial charge on any atom is -0.393 e. The standard InChI is InChI=1S/C11H24O.C6H13.C3H8.C2H6.Y/c1-3-5-6-7-8-9-10-11(12)4-2;1-3-5-6-4-2;1-3-2;1-2;/h11-12H,3-10H2,1-2H3;1,3-6H2,2H3;3H2,1-2H3;1-2H3;/q;-1;;;. The van der Waals surface area contributed by atoms with E-state index < -0.39 is 0 Å². The maximum Gasteiger partial charge on any atom is 0.0537 e. The fourth-order valence-electron chi connectivity index (χ4n) is 1.79. The van der Waals surface area contributed by atoms with Crippen molar-refractivity contribution in [3.63, 3.8) is 0 Å². The Morgan fingerprint density at radius 1 is 0.708 bits per heavy atom. The number of hydrogen-bond donors (Lipinski definition) is 1. The van der Waals surface area contributed by atoms with Crippen LogP contribution in [0.3, 0.4) is 0 Å². The van der Waals surface area contributed by atoms with E-state index in [-0.39, 0.29) is 38.8 Å². The van der Waals surface area contributed by atoms with Crippen molar-refractivity contribution < 1.29 is 37.8 Å². The molecule has 1 N–H and O–H groups in total. The summed E-state index contributed by atoms with van der Waals surface area (Å²) >= 11 is 0. The smallest absolute Gasteiger partial charge is 0.0537 e. The van der Waals surface area contributed by atoms with Gasteiger partial charge < -0.3 is 12.0 Å². The van der Waals surface area contributed by atoms with Gasteiger partial charge in [0, 0.05) is 32.7 Å². The summed E-state index contributed by atoms with van der Waals surface area (Å²) in [6.07, 6.45) is 16.1. The molecule has 0 spiro atoms. The molecular weight excluding hydrogens is 369 g/mol. The van der Waals surface area contributed by atoms with Crippen molar-refractivity contribution in [3.05, 3.63) is 6.92 Å². The van der Waals surface area contributed by atoms with Crippen LogP contribution in [0, 0.1) is 6.92 Å². The molecule has 1 nitrogen and oxygen atoms in total. The molecule has 0 bridgehead atoms. The van der Waals surface area contributed by atoms with E-state index in [2.05, 4.69) is 34.6 Å². The second-order valence-corrected chi connectivity index (χ2v) is 5.89. The first-order valence-corrected chi connectivity index (χ1v) is 10.6. The van der Waals surface area contributed by atoms with Crippen molar-refractivity contribution in [1.29, 1.82) is 0 Å². The quantitative estimate of drug-likeness (QED) is 0.263. The first kappa shape index (κ1) is 36.1. The van der Waals surface area contributed by atoms with Crippen LogP contribution in [0.15, 0.2) is 0 Å². The van der Waals surface area contributed by atoms with Gasteiger partial charge in [-0.25, -0.2) is 0 Å². The van der Waals surface area contributed by atoms with E-state index in [4.69, 9.17) is 0 Å². The molecule has 0 aromatic heterocycles. The molecule has 0 aliphatic rings. The Bertz CT molecular complexity index is 136. The molecule has 1 unspecified atom stereocenters. The molecular formula is C22H51OY-. The van der Waals surface area contributed by atoms with Crippen LogP contribution in [0.2, 0.25) is 0 Å². The molecule has 0 amide bonds. The third-order valence-corrected chi connectivity index (χ3v) is 3.22. The van der Waals surface area contributed by atoms with Crippen molar-refractivity contribution in [2.24, 2.45) is 0 Å². The Morgan fingerprint density at radius 2 is 1.08 bits per heavy atom. The van der Waals surface area contributed by atoms with E-state index >= 15 is 0 Å². The number of hydrogen-bond acceptors (Lipinski definition) is 1. The van der Waals surface area contributed by atoms with Crippen molar-refractivity contribution >= 4 is 0 Å². The summed E-state index contributed by atoms with van der Waals surface area (Å²) in [5.41, 5.74) is 0. The molecule has 24 heavy (non-hydrogen) atoms. The van der Waals surface area contributed by atoms with Crippen molar-refractivity contribution in [2.75, 3.05) is 0 Å². The maximum atomic E-state index is 9.26. The van der Waals surface area contributed by atoms with Crippen LogP contribution in [-0.2, 0) is 32.7 Å². The molecule has 0 saturated carbocycles. The molecule has 0 saturated heterocycles. The van der Waals surface area contributed by atoms with Crippen LogP contribution in [0.1, 0.15) is 132 Å². The predicted octanol–water partition coefficient (Wildman–Crippen LogP) is 8.35. The van der Waals surface area contributed by atoms with Gasteiger partial charge in [-0.1, -0.05) is 113 Å². The maximum absolute atomic E-state index is 9.26. The zero-order valence-corrected chi connectivity index (χ0v) is 21.3. The molecule has 1 radical (unpaired) electrons. The Morgan fingerprint density at radius 3 is 1.42 bits per heavy atom. The van der Waals surface area contributed by atoms with Crippen LogP contribution in [0.4, 0.5) is 0 Å². The first-order chi connectivity index (χ1) is 11.1. The number of rotatable bonds is 11. The molecule has 0 fully saturated rings. The molecule has 0 aliphatic heterocycles. The van der Waals surface area contributed by atoms with Crippen LogP contribution >= 0.6 is 0 Å². The zero-order chi connectivity index (χ0) is 18.8. The number of aliphatic hydroxyl groups is 1. The van der Waals surface area contributed by atoms with E-state index in [1.807, 2.05) is 20.8 Å². The molecule has 1 atom stereocenters. The van der Waals surface area contributed by atoms with Gasteiger partial charge in [-0.2, -0.15) is 6.42 Å². The number of unbranched alkanes of at least 4 members (excludes halogenated alkanes) is 8. The molecule has 0 aliphatic carbocycles. The van der Waals surface area contributed by atoms with Gasteiger partial charge in [0.15, 0.2) is 0 Å². The third kappa shape index (κ3) is 56.8. The Kier molecular flexibility index (Phi) is 66.0. The van der Waals surface area contributed by atoms with Crippen LogP contribution in [0.5, 0.6) is 0 Å². The van der Waals surface area contributed by atoms with Crippen molar-refractivity contribution in [2.45, 2.75) is 138 Å². The SMILES string of the molecule is CC.CCC.CCCCCCCCC(O)CC.[CH2-]CCCCC.[Y]. The first-order valence-electron chi connectivity index (χ1n) is 10.6. The fourth-order valence-corrected chi connectivity index (χ4v) is 1.79. The molecule has 0 aromatic carbocycles. The van der Waals surface area contributed by atoms with Gasteiger partial charge in [0.25, 0.3) is 0 Å². The van der Waals surface area contributed by atoms with Crippen molar-refractivity contribution in [1.82, 2.24) is 0 Å². The second kappa shape index (κ2) is 44.0. The second-order valence-electron chi connectivity index (χ2n) is 5.89. The van der Waals surface area contributed by atoms with Gasteiger partial charge in [-0.05, 0) is 12.8 Å². The van der Waals surface area contributed by atoms with Gasteiger partial charge >= 0.3 is 0 Å². The average molecular weight is 421 g/mol. The average Bonchev–Trinajstić information content (AvgIpc) is 2.59. The molecule has 149 valence electrons. The normalized spacial score (nSPS) is 9.88. The number of aliphatic hydroxyl groups excluding tert-OH is 1. The topological polar surface area (TPSA) is 20.2 Å². The summed E-state index contributed by atoms with van der Waals surface area (Å²) < 4.78 is 0. The van der Waals surface area contributed by atoms with E-state index in [1.165, 1.54) is 64.2 Å². The zero-order valence-electron chi connectivity index (χ0n) is 18.5. The summed E-state index contributed by atoms with van der Waals surface area (Å²) in [6, 6.07) is 0. The van der Waals surface area contributed by atoms with Crippen LogP contribution in [-0.4, -0.2) is 11.2 Å². The minimum atomic E-state index is -0.0452. The predicted molar refractivity (Wildman–Crippen MR) is 111 cm³/mol.